The van der Waals surface area contributed by atoms with Gasteiger partial charge >= 0.3 is 6.03 Å². The molecular formula is C29H37N7O3. The molecule has 10 heteroatoms. The standard InChI is InChI=1S/C29H37N7O3/c1-7-24(37)30-21-15-11-14-20(16-21)27(38)32-26-22-17-36(29(2,3)25(22)35(6)33-26)28(39)31-23(18-34(4)5)19-12-9-8-10-13-19/h7-16,23,26,33H,1,17-18H2,2-6H3,(H,30,37)(H,31,39)(H,32,38)/t23-,26?/m1/s1. The summed E-state index contributed by atoms with van der Waals surface area (Å²) in [5.74, 6) is -0.659. The van der Waals surface area contributed by atoms with Gasteiger partial charge in [0.05, 0.1) is 17.3 Å². The topological polar surface area (TPSA) is 109 Å². The minimum atomic E-state index is -0.616. The highest BCUT2D eigenvalue weighted by Gasteiger charge is 2.50. The molecule has 0 saturated heterocycles. The number of carbonyl (C=O) groups excluding carboxylic acids is 3. The third-order valence-corrected chi connectivity index (χ3v) is 7.04. The Labute approximate surface area is 229 Å². The second-order valence-corrected chi connectivity index (χ2v) is 10.6. The number of hydrogen-bond donors (Lipinski definition) is 4. The van der Waals surface area contributed by atoms with Crippen LogP contribution in [0.4, 0.5) is 10.5 Å². The first-order chi connectivity index (χ1) is 18.5. The number of urea groups is 1. The molecule has 2 heterocycles. The molecule has 4 amide bonds. The maximum atomic E-state index is 13.7. The smallest absolute Gasteiger partial charge is 0.318 e. The van der Waals surface area contributed by atoms with E-state index in [4.69, 9.17) is 0 Å². The van der Waals surface area contributed by atoms with Crippen LogP contribution in [-0.2, 0) is 4.79 Å². The van der Waals surface area contributed by atoms with Gasteiger partial charge < -0.3 is 30.8 Å². The lowest BCUT2D eigenvalue weighted by molar-refractivity contribution is -0.111. The summed E-state index contributed by atoms with van der Waals surface area (Å²) >= 11 is 0. The molecule has 4 rings (SSSR count). The number of rotatable bonds is 8. The summed E-state index contributed by atoms with van der Waals surface area (Å²) in [4.78, 5) is 42.3. The Hall–Kier alpha value is -4.15. The Morgan fingerprint density at radius 1 is 1.15 bits per heavy atom. The molecule has 2 aromatic carbocycles. The Balaban J connectivity index is 1.50. The Kier molecular flexibility index (Phi) is 8.08. The molecule has 4 N–H and O–H groups in total. The Morgan fingerprint density at radius 3 is 2.54 bits per heavy atom. The van der Waals surface area contributed by atoms with E-state index in [0.717, 1.165) is 16.8 Å². The summed E-state index contributed by atoms with van der Waals surface area (Å²) in [6.45, 7) is 8.48. The molecule has 206 valence electrons. The third kappa shape index (κ3) is 5.97. The first kappa shape index (κ1) is 27.9. The van der Waals surface area contributed by atoms with Crippen molar-refractivity contribution < 1.29 is 14.4 Å². The second-order valence-electron chi connectivity index (χ2n) is 10.6. The third-order valence-electron chi connectivity index (χ3n) is 7.04. The van der Waals surface area contributed by atoms with E-state index in [1.54, 1.807) is 24.3 Å². The monoisotopic (exact) mass is 531 g/mol. The highest BCUT2D eigenvalue weighted by atomic mass is 16.2. The van der Waals surface area contributed by atoms with E-state index in [1.807, 2.05) is 80.1 Å². The molecule has 0 spiro atoms. The molecule has 0 aliphatic carbocycles. The predicted octanol–water partition coefficient (Wildman–Crippen LogP) is 2.68. The number of hydrazine groups is 1. The fourth-order valence-electron chi connectivity index (χ4n) is 5.26. The normalized spacial score (nSPS) is 18.6. The number of anilines is 1. The predicted molar refractivity (Wildman–Crippen MR) is 152 cm³/mol. The Morgan fingerprint density at radius 2 is 1.87 bits per heavy atom. The number of carbonyl (C=O) groups is 3. The van der Waals surface area contributed by atoms with Crippen LogP contribution < -0.4 is 21.4 Å². The highest BCUT2D eigenvalue weighted by Crippen LogP contribution is 2.39. The molecule has 0 fully saturated rings. The molecule has 2 aromatic rings. The lowest BCUT2D eigenvalue weighted by Crippen LogP contribution is -2.56. The lowest BCUT2D eigenvalue weighted by atomic mass is 9.99. The average Bonchev–Trinajstić information content (AvgIpc) is 3.37. The van der Waals surface area contributed by atoms with E-state index in [-0.39, 0.29) is 23.9 Å². The van der Waals surface area contributed by atoms with Crippen molar-refractivity contribution in [3.05, 3.63) is 89.6 Å². The summed E-state index contributed by atoms with van der Waals surface area (Å²) in [5, 5.41) is 10.8. The maximum Gasteiger partial charge on any atom is 0.318 e. The summed E-state index contributed by atoms with van der Waals surface area (Å²) in [6.07, 6.45) is 0.679. The first-order valence-electron chi connectivity index (χ1n) is 12.9. The van der Waals surface area contributed by atoms with Gasteiger partial charge in [-0.25, -0.2) is 10.2 Å². The van der Waals surface area contributed by atoms with Crippen molar-refractivity contribution in [1.29, 1.82) is 0 Å². The van der Waals surface area contributed by atoms with E-state index >= 15 is 0 Å². The number of hydrogen-bond acceptors (Lipinski definition) is 6. The molecule has 10 nitrogen and oxygen atoms in total. The number of nitrogens with zero attached hydrogens (tertiary/aromatic N) is 3. The molecule has 0 saturated carbocycles. The van der Waals surface area contributed by atoms with Gasteiger partial charge in [-0.05, 0) is 57.8 Å². The molecule has 0 bridgehead atoms. The molecule has 2 atom stereocenters. The van der Waals surface area contributed by atoms with E-state index in [0.29, 0.717) is 24.3 Å². The number of benzene rings is 2. The van der Waals surface area contributed by atoms with Gasteiger partial charge in [-0.3, -0.25) is 9.59 Å². The molecule has 2 aliphatic rings. The van der Waals surface area contributed by atoms with Crippen LogP contribution in [0.1, 0.15) is 35.8 Å². The van der Waals surface area contributed by atoms with E-state index < -0.39 is 11.7 Å². The number of amides is 4. The van der Waals surface area contributed by atoms with Crippen LogP contribution in [0.5, 0.6) is 0 Å². The molecule has 0 aromatic heterocycles. The van der Waals surface area contributed by atoms with Crippen LogP contribution in [0.15, 0.2) is 78.5 Å². The van der Waals surface area contributed by atoms with Crippen molar-refractivity contribution in [1.82, 2.24) is 30.9 Å². The number of likely N-dealkylation sites (N-methyl/N-ethyl adjacent to an activating group) is 2. The highest BCUT2D eigenvalue weighted by molar-refractivity contribution is 6.01. The van der Waals surface area contributed by atoms with Crippen molar-refractivity contribution in [2.45, 2.75) is 31.6 Å². The van der Waals surface area contributed by atoms with Crippen LogP contribution in [0.3, 0.4) is 0 Å². The fourth-order valence-corrected chi connectivity index (χ4v) is 5.26. The van der Waals surface area contributed by atoms with E-state index in [9.17, 15) is 14.4 Å². The molecule has 39 heavy (non-hydrogen) atoms. The first-order valence-corrected chi connectivity index (χ1v) is 12.9. The molecule has 1 unspecified atom stereocenters. The minimum absolute atomic E-state index is 0.172. The van der Waals surface area contributed by atoms with Crippen LogP contribution in [-0.4, -0.2) is 78.6 Å². The van der Waals surface area contributed by atoms with Crippen molar-refractivity contribution in [2.24, 2.45) is 0 Å². The van der Waals surface area contributed by atoms with E-state index in [1.165, 1.54) is 6.08 Å². The van der Waals surface area contributed by atoms with Gasteiger partial charge in [0.1, 0.15) is 6.17 Å². The summed E-state index contributed by atoms with van der Waals surface area (Å²) in [7, 11) is 5.85. The summed E-state index contributed by atoms with van der Waals surface area (Å²) in [6, 6.07) is 16.3. The van der Waals surface area contributed by atoms with Gasteiger partial charge in [0.2, 0.25) is 5.91 Å². The van der Waals surface area contributed by atoms with Gasteiger partial charge in [0, 0.05) is 37.0 Å². The SMILES string of the molecule is C=CC(=O)Nc1cccc(C(=O)NC2NN(C)C3=C2CN(C(=O)N[C@H](CN(C)C)c2ccccc2)C3(C)C)c1. The van der Waals surface area contributed by atoms with Crippen molar-refractivity contribution in [3.8, 4) is 0 Å². The van der Waals surface area contributed by atoms with E-state index in [2.05, 4.69) is 28.0 Å². The maximum absolute atomic E-state index is 13.7. The Bertz CT molecular complexity index is 1290. The minimum Gasteiger partial charge on any atom is -0.331 e. The zero-order valence-electron chi connectivity index (χ0n) is 23.1. The average molecular weight is 532 g/mol. The fraction of sp³-hybridized carbons (Fsp3) is 0.345. The molecule has 2 aliphatic heterocycles. The summed E-state index contributed by atoms with van der Waals surface area (Å²) in [5.41, 5.74) is 6.48. The van der Waals surface area contributed by atoms with Crippen molar-refractivity contribution >= 4 is 23.5 Å². The van der Waals surface area contributed by atoms with Gasteiger partial charge in [-0.1, -0.05) is 43.0 Å². The quantitative estimate of drug-likeness (QED) is 0.390. The second kappa shape index (κ2) is 11.3. The summed E-state index contributed by atoms with van der Waals surface area (Å²) < 4.78 is 0. The van der Waals surface area contributed by atoms with Gasteiger partial charge in [-0.2, -0.15) is 0 Å². The van der Waals surface area contributed by atoms with Crippen LogP contribution in [0, 0.1) is 0 Å². The van der Waals surface area contributed by atoms with Gasteiger partial charge in [-0.15, -0.1) is 0 Å². The van der Waals surface area contributed by atoms with Gasteiger partial charge in [0.25, 0.3) is 5.91 Å². The van der Waals surface area contributed by atoms with Crippen molar-refractivity contribution in [3.63, 3.8) is 0 Å². The molecule has 0 radical (unpaired) electrons. The van der Waals surface area contributed by atoms with Gasteiger partial charge in [0.15, 0.2) is 0 Å². The zero-order chi connectivity index (χ0) is 28.3. The number of nitrogens with one attached hydrogen (secondary N) is 4. The van der Waals surface area contributed by atoms with Crippen molar-refractivity contribution in [2.75, 3.05) is 39.5 Å². The molecular weight excluding hydrogens is 494 g/mol. The largest absolute Gasteiger partial charge is 0.331 e. The van der Waals surface area contributed by atoms with Crippen LogP contribution in [0.25, 0.3) is 0 Å². The van der Waals surface area contributed by atoms with Crippen LogP contribution in [0.2, 0.25) is 0 Å². The zero-order valence-corrected chi connectivity index (χ0v) is 23.1. The van der Waals surface area contributed by atoms with Crippen LogP contribution >= 0.6 is 0 Å². The lowest BCUT2D eigenvalue weighted by Gasteiger charge is -2.39.